The molecule has 0 saturated heterocycles. The number of rotatable bonds is 5. The first-order valence-electron chi connectivity index (χ1n) is 9.05. The predicted molar refractivity (Wildman–Crippen MR) is 113 cm³/mol. The Morgan fingerprint density at radius 2 is 1.79 bits per heavy atom. The molecule has 144 valence electrons. The number of anilines is 1. The molecule has 0 spiro atoms. The van der Waals surface area contributed by atoms with Gasteiger partial charge in [0.15, 0.2) is 0 Å². The highest BCUT2D eigenvalue weighted by Crippen LogP contribution is 2.23. The number of fused-ring (bicyclic) bond motifs is 1. The summed E-state index contributed by atoms with van der Waals surface area (Å²) < 4.78 is 0. The first kappa shape index (κ1) is 19.8. The van der Waals surface area contributed by atoms with Gasteiger partial charge in [0.05, 0.1) is 17.6 Å². The van der Waals surface area contributed by atoms with Gasteiger partial charge in [0, 0.05) is 28.8 Å². The molecule has 0 aliphatic rings. The van der Waals surface area contributed by atoms with Crippen LogP contribution in [0, 0.1) is 0 Å². The Morgan fingerprint density at radius 3 is 2.46 bits per heavy atom. The molecule has 0 saturated carbocycles. The van der Waals surface area contributed by atoms with Crippen LogP contribution < -0.4 is 5.32 Å². The number of carbonyl (C=O) groups is 2. The van der Waals surface area contributed by atoms with Crippen molar-refractivity contribution in [2.24, 2.45) is 0 Å². The predicted octanol–water partition coefficient (Wildman–Crippen LogP) is 4.72. The van der Waals surface area contributed by atoms with Crippen molar-refractivity contribution in [3.05, 3.63) is 70.9 Å². The number of hydrogen-bond acceptors (Lipinski definition) is 3. The normalized spacial score (nSPS) is 10.9. The molecular weight excluding hydrogens is 374 g/mol. The van der Waals surface area contributed by atoms with Crippen LogP contribution in [0.1, 0.15) is 35.8 Å². The Labute approximate surface area is 169 Å². The lowest BCUT2D eigenvalue weighted by Crippen LogP contribution is -2.35. The molecular formula is C22H22ClN3O2. The fraction of sp³-hybridized carbons (Fsp3) is 0.227. The molecule has 6 heteroatoms. The molecule has 1 N–H and O–H groups in total. The second kappa shape index (κ2) is 8.40. The van der Waals surface area contributed by atoms with Gasteiger partial charge >= 0.3 is 0 Å². The van der Waals surface area contributed by atoms with Crippen LogP contribution in [0.4, 0.5) is 5.69 Å². The SMILES string of the molecule is CC(C)c1cc(C(=O)N(C)CC(=O)Nc2ccc(Cl)cc2)c2ccccc2n1. The maximum absolute atomic E-state index is 13.1. The van der Waals surface area contributed by atoms with Crippen molar-refractivity contribution in [1.82, 2.24) is 9.88 Å². The second-order valence-corrected chi connectivity index (χ2v) is 7.42. The van der Waals surface area contributed by atoms with Crippen molar-refractivity contribution < 1.29 is 9.59 Å². The van der Waals surface area contributed by atoms with Crippen molar-refractivity contribution in [2.75, 3.05) is 18.9 Å². The summed E-state index contributed by atoms with van der Waals surface area (Å²) in [5.41, 5.74) is 2.81. The Kier molecular flexibility index (Phi) is 5.95. The number of amides is 2. The lowest BCUT2D eigenvalue weighted by Gasteiger charge is -2.19. The van der Waals surface area contributed by atoms with E-state index in [2.05, 4.69) is 10.3 Å². The molecule has 0 radical (unpaired) electrons. The van der Waals surface area contributed by atoms with Gasteiger partial charge in [-0.25, -0.2) is 0 Å². The van der Waals surface area contributed by atoms with Gasteiger partial charge in [-0.05, 0) is 42.3 Å². The summed E-state index contributed by atoms with van der Waals surface area (Å²) in [6.07, 6.45) is 0. The second-order valence-electron chi connectivity index (χ2n) is 6.98. The summed E-state index contributed by atoms with van der Waals surface area (Å²) in [6.45, 7) is 4.01. The number of carbonyl (C=O) groups excluding carboxylic acids is 2. The van der Waals surface area contributed by atoms with Crippen LogP contribution in [-0.4, -0.2) is 35.3 Å². The number of halogens is 1. The molecule has 28 heavy (non-hydrogen) atoms. The summed E-state index contributed by atoms with van der Waals surface area (Å²) in [7, 11) is 1.62. The molecule has 0 fully saturated rings. The average Bonchev–Trinajstić information content (AvgIpc) is 2.68. The van der Waals surface area contributed by atoms with E-state index in [1.54, 1.807) is 31.3 Å². The van der Waals surface area contributed by atoms with E-state index in [9.17, 15) is 9.59 Å². The molecule has 5 nitrogen and oxygen atoms in total. The number of likely N-dealkylation sites (N-methyl/N-ethyl adjacent to an activating group) is 1. The summed E-state index contributed by atoms with van der Waals surface area (Å²) in [5, 5.41) is 4.14. The fourth-order valence-corrected chi connectivity index (χ4v) is 3.02. The minimum absolute atomic E-state index is 0.0604. The molecule has 0 atom stereocenters. The van der Waals surface area contributed by atoms with E-state index in [0.29, 0.717) is 16.3 Å². The molecule has 2 amide bonds. The van der Waals surface area contributed by atoms with E-state index in [4.69, 9.17) is 11.6 Å². The molecule has 1 heterocycles. The van der Waals surface area contributed by atoms with Gasteiger partial charge in [0.2, 0.25) is 5.91 Å². The molecule has 2 aromatic carbocycles. The molecule has 0 unspecified atom stereocenters. The Bertz CT molecular complexity index is 1020. The third kappa shape index (κ3) is 4.49. The lowest BCUT2D eigenvalue weighted by atomic mass is 10.0. The highest BCUT2D eigenvalue weighted by atomic mass is 35.5. The first-order valence-corrected chi connectivity index (χ1v) is 9.43. The van der Waals surface area contributed by atoms with Gasteiger partial charge in [-0.2, -0.15) is 0 Å². The minimum atomic E-state index is -0.277. The van der Waals surface area contributed by atoms with Crippen molar-refractivity contribution in [1.29, 1.82) is 0 Å². The van der Waals surface area contributed by atoms with Crippen LogP contribution >= 0.6 is 11.6 Å². The Hall–Kier alpha value is -2.92. The van der Waals surface area contributed by atoms with E-state index < -0.39 is 0 Å². The molecule has 1 aromatic heterocycles. The molecule has 3 aromatic rings. The lowest BCUT2D eigenvalue weighted by molar-refractivity contribution is -0.116. The van der Waals surface area contributed by atoms with Crippen LogP contribution in [0.2, 0.25) is 5.02 Å². The quantitative estimate of drug-likeness (QED) is 0.679. The third-order valence-electron chi connectivity index (χ3n) is 4.41. The zero-order chi connectivity index (χ0) is 20.3. The maximum atomic E-state index is 13.1. The van der Waals surface area contributed by atoms with Gasteiger partial charge in [0.1, 0.15) is 0 Å². The summed E-state index contributed by atoms with van der Waals surface area (Å²) in [6, 6.07) is 16.2. The fourth-order valence-electron chi connectivity index (χ4n) is 2.90. The number of benzene rings is 2. The molecule has 0 aliphatic heterocycles. The van der Waals surface area contributed by atoms with Crippen molar-refractivity contribution in [3.63, 3.8) is 0 Å². The topological polar surface area (TPSA) is 62.3 Å². The summed E-state index contributed by atoms with van der Waals surface area (Å²) in [5.74, 6) is -0.304. The molecule has 0 aliphatic carbocycles. The third-order valence-corrected chi connectivity index (χ3v) is 4.67. The number of para-hydroxylation sites is 1. The van der Waals surface area contributed by atoms with E-state index in [1.165, 1.54) is 4.90 Å². The smallest absolute Gasteiger partial charge is 0.254 e. The highest BCUT2D eigenvalue weighted by molar-refractivity contribution is 6.30. The van der Waals surface area contributed by atoms with Gasteiger partial charge < -0.3 is 10.2 Å². The van der Waals surface area contributed by atoms with E-state index in [-0.39, 0.29) is 24.3 Å². The van der Waals surface area contributed by atoms with Crippen molar-refractivity contribution >= 4 is 40.0 Å². The number of nitrogens with one attached hydrogen (secondary N) is 1. The number of pyridine rings is 1. The average molecular weight is 396 g/mol. The van der Waals surface area contributed by atoms with Gasteiger partial charge in [-0.15, -0.1) is 0 Å². The zero-order valence-corrected chi connectivity index (χ0v) is 16.8. The largest absolute Gasteiger partial charge is 0.332 e. The zero-order valence-electron chi connectivity index (χ0n) is 16.1. The molecule has 0 bridgehead atoms. The van der Waals surface area contributed by atoms with Crippen LogP contribution in [-0.2, 0) is 4.79 Å². The summed E-state index contributed by atoms with van der Waals surface area (Å²) in [4.78, 5) is 31.5. The number of nitrogens with zero attached hydrogens (tertiary/aromatic N) is 2. The van der Waals surface area contributed by atoms with E-state index in [0.717, 1.165) is 16.6 Å². The Balaban J connectivity index is 1.80. The monoisotopic (exact) mass is 395 g/mol. The van der Waals surface area contributed by atoms with Crippen LogP contribution in [0.15, 0.2) is 54.6 Å². The van der Waals surface area contributed by atoms with Crippen LogP contribution in [0.25, 0.3) is 10.9 Å². The van der Waals surface area contributed by atoms with Crippen molar-refractivity contribution in [2.45, 2.75) is 19.8 Å². The van der Waals surface area contributed by atoms with Gasteiger partial charge in [-0.1, -0.05) is 43.6 Å². The standard InChI is InChI=1S/C22H22ClN3O2/c1-14(2)20-12-18(17-6-4-5-7-19(17)25-20)22(28)26(3)13-21(27)24-16-10-8-15(23)9-11-16/h4-12,14H,13H2,1-3H3,(H,24,27). The summed E-state index contributed by atoms with van der Waals surface area (Å²) >= 11 is 5.85. The van der Waals surface area contributed by atoms with Crippen molar-refractivity contribution in [3.8, 4) is 0 Å². The number of hydrogen-bond donors (Lipinski definition) is 1. The first-order chi connectivity index (χ1) is 13.3. The Morgan fingerprint density at radius 1 is 1.11 bits per heavy atom. The van der Waals surface area contributed by atoms with E-state index in [1.807, 2.05) is 44.2 Å². The van der Waals surface area contributed by atoms with Crippen LogP contribution in [0.3, 0.4) is 0 Å². The van der Waals surface area contributed by atoms with Crippen LogP contribution in [0.5, 0.6) is 0 Å². The highest BCUT2D eigenvalue weighted by Gasteiger charge is 2.19. The molecule has 3 rings (SSSR count). The maximum Gasteiger partial charge on any atom is 0.254 e. The minimum Gasteiger partial charge on any atom is -0.332 e. The van der Waals surface area contributed by atoms with Gasteiger partial charge in [-0.3, -0.25) is 14.6 Å². The number of aromatic nitrogens is 1. The van der Waals surface area contributed by atoms with Gasteiger partial charge in [0.25, 0.3) is 5.91 Å². The van der Waals surface area contributed by atoms with E-state index >= 15 is 0 Å².